The van der Waals surface area contributed by atoms with Gasteiger partial charge in [-0.1, -0.05) is 24.6 Å². The van der Waals surface area contributed by atoms with Gasteiger partial charge in [0.15, 0.2) is 5.62 Å². The van der Waals surface area contributed by atoms with Crippen molar-refractivity contribution in [3.05, 3.63) is 12.3 Å². The quantitative estimate of drug-likeness (QED) is 0.485. The Kier molecular flexibility index (Phi) is 3.03. The number of nitrogens with zero attached hydrogens (tertiary/aromatic N) is 1. The number of hydrogen-bond acceptors (Lipinski definition) is 2. The van der Waals surface area contributed by atoms with Crippen LogP contribution in [0.1, 0.15) is 13.3 Å². The summed E-state index contributed by atoms with van der Waals surface area (Å²) in [5.74, 6) is 0. The third kappa shape index (κ3) is 1.89. The van der Waals surface area contributed by atoms with Crippen molar-refractivity contribution in [3.8, 4) is 0 Å². The average Bonchev–Trinajstić information content (AvgIpc) is 1.94. The van der Waals surface area contributed by atoms with E-state index in [9.17, 15) is 0 Å². The van der Waals surface area contributed by atoms with Crippen molar-refractivity contribution in [2.75, 3.05) is 13.1 Å². The molecule has 0 saturated carbocycles. The number of alkyl halides is 1. The summed E-state index contributed by atoms with van der Waals surface area (Å²) in [6.07, 6.45) is 5.27. The highest BCUT2D eigenvalue weighted by molar-refractivity contribution is 6.20. The minimum Gasteiger partial charge on any atom is -0.350 e. The molecular weight excluding hydrogens is 148 g/mol. The van der Waals surface area contributed by atoms with Crippen LogP contribution in [0.5, 0.6) is 0 Å². The summed E-state index contributed by atoms with van der Waals surface area (Å²) in [5.41, 5.74) is -0.00931. The molecule has 0 aliphatic carbocycles. The van der Waals surface area contributed by atoms with Gasteiger partial charge in [0, 0.05) is 13.1 Å². The molecule has 58 valence electrons. The maximum atomic E-state index is 5.92. The predicted molar refractivity (Wildman–Crippen MR) is 43.8 cm³/mol. The molecule has 0 aromatic rings. The molecule has 10 heavy (non-hydrogen) atoms. The van der Waals surface area contributed by atoms with Crippen LogP contribution in [-0.4, -0.2) is 23.6 Å². The van der Waals surface area contributed by atoms with Gasteiger partial charge in [-0.05, 0) is 12.6 Å². The maximum absolute atomic E-state index is 5.92. The van der Waals surface area contributed by atoms with Crippen molar-refractivity contribution in [1.29, 1.82) is 0 Å². The summed E-state index contributed by atoms with van der Waals surface area (Å²) in [7, 11) is 0. The molecule has 0 aromatic heterocycles. The van der Waals surface area contributed by atoms with E-state index in [1.807, 2.05) is 0 Å². The van der Waals surface area contributed by atoms with Gasteiger partial charge in [-0.15, -0.1) is 0 Å². The van der Waals surface area contributed by atoms with Crippen molar-refractivity contribution in [2.45, 2.75) is 19.0 Å². The molecule has 1 N–H and O–H groups in total. The number of hydrogen-bond donors (Lipinski definition) is 1. The summed E-state index contributed by atoms with van der Waals surface area (Å²) in [5, 5.41) is 3.12. The molecule has 0 aromatic carbocycles. The first-order chi connectivity index (χ1) is 4.84. The SMILES string of the molecule is CCCN1C=CCNC1Cl. The van der Waals surface area contributed by atoms with Crippen LogP contribution in [0.2, 0.25) is 0 Å². The monoisotopic (exact) mass is 160 g/mol. The molecule has 1 aliphatic rings. The summed E-state index contributed by atoms with van der Waals surface area (Å²) >= 11 is 5.92. The van der Waals surface area contributed by atoms with Gasteiger partial charge in [-0.2, -0.15) is 0 Å². The predicted octanol–water partition coefficient (Wildman–Crippen LogP) is 1.34. The minimum atomic E-state index is -0.00931. The van der Waals surface area contributed by atoms with Crippen molar-refractivity contribution in [1.82, 2.24) is 10.2 Å². The van der Waals surface area contributed by atoms with E-state index in [4.69, 9.17) is 11.6 Å². The number of nitrogens with one attached hydrogen (secondary N) is 1. The Morgan fingerprint density at radius 3 is 3.20 bits per heavy atom. The second-order valence-electron chi connectivity index (χ2n) is 2.37. The molecule has 0 fully saturated rings. The van der Waals surface area contributed by atoms with Gasteiger partial charge in [-0.25, -0.2) is 0 Å². The lowest BCUT2D eigenvalue weighted by Gasteiger charge is -2.28. The molecular formula is C7H13ClN2. The Labute approximate surface area is 66.8 Å². The van der Waals surface area contributed by atoms with E-state index >= 15 is 0 Å². The van der Waals surface area contributed by atoms with Gasteiger partial charge in [0.2, 0.25) is 0 Å². The highest BCUT2D eigenvalue weighted by Gasteiger charge is 2.11. The summed E-state index contributed by atoms with van der Waals surface area (Å²) in [4.78, 5) is 2.09. The molecule has 0 spiro atoms. The largest absolute Gasteiger partial charge is 0.350 e. The highest BCUT2D eigenvalue weighted by atomic mass is 35.5. The van der Waals surface area contributed by atoms with E-state index in [1.165, 1.54) is 0 Å². The van der Waals surface area contributed by atoms with E-state index in [1.54, 1.807) is 0 Å². The smallest absolute Gasteiger partial charge is 0.157 e. The molecule has 0 radical (unpaired) electrons. The molecule has 3 heteroatoms. The highest BCUT2D eigenvalue weighted by Crippen LogP contribution is 2.06. The van der Waals surface area contributed by atoms with Gasteiger partial charge in [0.1, 0.15) is 0 Å². The Morgan fingerprint density at radius 2 is 2.60 bits per heavy atom. The van der Waals surface area contributed by atoms with Crippen LogP contribution in [0.15, 0.2) is 12.3 Å². The van der Waals surface area contributed by atoms with Crippen molar-refractivity contribution < 1.29 is 0 Å². The second-order valence-corrected chi connectivity index (χ2v) is 2.78. The third-order valence-electron chi connectivity index (χ3n) is 1.47. The zero-order valence-corrected chi connectivity index (χ0v) is 6.93. The third-order valence-corrected chi connectivity index (χ3v) is 1.88. The van der Waals surface area contributed by atoms with Crippen LogP contribution in [0.25, 0.3) is 0 Å². The van der Waals surface area contributed by atoms with E-state index < -0.39 is 0 Å². The van der Waals surface area contributed by atoms with Gasteiger partial charge in [-0.3, -0.25) is 5.32 Å². The summed E-state index contributed by atoms with van der Waals surface area (Å²) in [6.45, 7) is 4.05. The fourth-order valence-electron chi connectivity index (χ4n) is 0.992. The van der Waals surface area contributed by atoms with Gasteiger partial charge in [0.25, 0.3) is 0 Å². The Balaban J connectivity index is 2.39. The zero-order chi connectivity index (χ0) is 7.40. The minimum absolute atomic E-state index is 0.00931. The Bertz CT molecular complexity index is 125. The number of rotatable bonds is 2. The van der Waals surface area contributed by atoms with Crippen LogP contribution in [-0.2, 0) is 0 Å². The first-order valence-corrected chi connectivity index (χ1v) is 4.08. The maximum Gasteiger partial charge on any atom is 0.157 e. The van der Waals surface area contributed by atoms with E-state index in [0.29, 0.717) is 0 Å². The Hall–Kier alpha value is -0.210. The summed E-state index contributed by atoms with van der Waals surface area (Å²) in [6, 6.07) is 0. The molecule has 2 nitrogen and oxygen atoms in total. The van der Waals surface area contributed by atoms with Gasteiger partial charge >= 0.3 is 0 Å². The van der Waals surface area contributed by atoms with Crippen LogP contribution in [0.4, 0.5) is 0 Å². The van der Waals surface area contributed by atoms with Crippen molar-refractivity contribution in [3.63, 3.8) is 0 Å². The molecule has 0 amide bonds. The first-order valence-electron chi connectivity index (χ1n) is 3.64. The van der Waals surface area contributed by atoms with Gasteiger partial charge in [0.05, 0.1) is 0 Å². The molecule has 1 unspecified atom stereocenters. The average molecular weight is 161 g/mol. The number of halogens is 1. The van der Waals surface area contributed by atoms with E-state index in [0.717, 1.165) is 19.5 Å². The van der Waals surface area contributed by atoms with Crippen molar-refractivity contribution in [2.24, 2.45) is 0 Å². The fourth-order valence-corrected chi connectivity index (χ4v) is 1.24. The molecule has 1 heterocycles. The summed E-state index contributed by atoms with van der Waals surface area (Å²) < 4.78 is 0. The molecule has 1 atom stereocenters. The molecule has 0 bridgehead atoms. The lowest BCUT2D eigenvalue weighted by molar-refractivity contribution is 0.299. The molecule has 1 aliphatic heterocycles. The fraction of sp³-hybridized carbons (Fsp3) is 0.714. The first kappa shape index (κ1) is 7.89. The van der Waals surface area contributed by atoms with Gasteiger partial charge < -0.3 is 4.90 Å². The van der Waals surface area contributed by atoms with Crippen LogP contribution < -0.4 is 5.32 Å². The Morgan fingerprint density at radius 1 is 1.80 bits per heavy atom. The molecule has 1 rings (SSSR count). The van der Waals surface area contributed by atoms with Crippen LogP contribution in [0.3, 0.4) is 0 Å². The lowest BCUT2D eigenvalue weighted by atomic mass is 10.4. The second kappa shape index (κ2) is 3.84. The van der Waals surface area contributed by atoms with Crippen LogP contribution >= 0.6 is 11.6 Å². The topological polar surface area (TPSA) is 15.3 Å². The zero-order valence-electron chi connectivity index (χ0n) is 6.18. The molecule has 0 saturated heterocycles. The van der Waals surface area contributed by atoms with E-state index in [-0.39, 0.29) is 5.62 Å². The standard InChI is InChI=1S/C7H13ClN2/c1-2-5-10-6-3-4-9-7(10)8/h3,6-7,9H,2,4-5H2,1H3. The van der Waals surface area contributed by atoms with Crippen molar-refractivity contribution >= 4 is 11.6 Å². The lowest BCUT2D eigenvalue weighted by Crippen LogP contribution is -2.42. The normalized spacial score (nSPS) is 25.4. The van der Waals surface area contributed by atoms with E-state index in [2.05, 4.69) is 29.4 Å². The van der Waals surface area contributed by atoms with Crippen LogP contribution in [0, 0.1) is 0 Å².